The second-order valence-corrected chi connectivity index (χ2v) is 10.4. The summed E-state index contributed by atoms with van der Waals surface area (Å²) >= 11 is 1.66. The minimum Gasteiger partial charge on any atom is -0.493 e. The van der Waals surface area contributed by atoms with Crippen LogP contribution < -0.4 is 9.47 Å². The normalized spacial score (nSPS) is 10.8. The van der Waals surface area contributed by atoms with Crippen LogP contribution in [0.25, 0.3) is 0 Å². The number of hydrogen-bond donors (Lipinski definition) is 0. The van der Waals surface area contributed by atoms with Crippen LogP contribution in [0.3, 0.4) is 0 Å². The van der Waals surface area contributed by atoms with Gasteiger partial charge in [0.2, 0.25) is 5.91 Å². The molecule has 6 nitrogen and oxygen atoms in total. The maximum atomic E-state index is 13.7. The van der Waals surface area contributed by atoms with Gasteiger partial charge >= 0.3 is 0 Å². The first kappa shape index (κ1) is 29.2. The first-order valence-electron chi connectivity index (χ1n) is 13.3. The predicted octanol–water partition coefficient (Wildman–Crippen LogP) is 6.15. The molecule has 38 heavy (non-hydrogen) atoms. The molecular formula is C31H40N2O4S. The molecule has 3 rings (SSSR count). The molecule has 0 bridgehead atoms. The summed E-state index contributed by atoms with van der Waals surface area (Å²) in [5, 5.41) is 2.05. The van der Waals surface area contributed by atoms with Crippen molar-refractivity contribution < 1.29 is 19.1 Å². The van der Waals surface area contributed by atoms with E-state index >= 15 is 0 Å². The highest BCUT2D eigenvalue weighted by Crippen LogP contribution is 2.28. The van der Waals surface area contributed by atoms with Crippen LogP contribution in [-0.2, 0) is 24.2 Å². The molecule has 204 valence electrons. The van der Waals surface area contributed by atoms with Crippen LogP contribution in [-0.4, -0.2) is 55.5 Å². The van der Waals surface area contributed by atoms with Gasteiger partial charge in [-0.15, -0.1) is 11.3 Å². The first-order valence-corrected chi connectivity index (χ1v) is 14.2. The Hall–Kier alpha value is -3.32. The van der Waals surface area contributed by atoms with Gasteiger partial charge in [0.05, 0.1) is 20.8 Å². The number of thiophene rings is 1. The number of nitrogens with zero attached hydrogens (tertiary/aromatic N) is 2. The average molecular weight is 537 g/mol. The SMILES string of the molecule is CCCCN(CC(=O)N(CCc1ccc(OC)c(OC)c1)Cc1sccc1C)C(=O)c1ccc(CC)cc1. The molecule has 0 aliphatic heterocycles. The van der Waals surface area contributed by atoms with Gasteiger partial charge in [0.25, 0.3) is 5.91 Å². The maximum Gasteiger partial charge on any atom is 0.254 e. The van der Waals surface area contributed by atoms with Crippen molar-refractivity contribution in [1.29, 1.82) is 0 Å². The monoisotopic (exact) mass is 536 g/mol. The summed E-state index contributed by atoms with van der Waals surface area (Å²) in [7, 11) is 3.24. The Morgan fingerprint density at radius 2 is 1.58 bits per heavy atom. The standard InChI is InChI=1S/C31H40N2O4S/c1-6-8-17-33(31(35)26-12-9-24(7-2)10-13-26)22-30(34)32(21-29-23(3)16-19-38-29)18-15-25-11-14-27(36-4)28(20-25)37-5/h9-14,16,19-20H,6-8,15,17-18,21-22H2,1-5H3. The molecule has 0 N–H and O–H groups in total. The van der Waals surface area contributed by atoms with Crippen molar-refractivity contribution in [3.63, 3.8) is 0 Å². The van der Waals surface area contributed by atoms with E-state index in [1.54, 1.807) is 30.5 Å². The maximum absolute atomic E-state index is 13.7. The summed E-state index contributed by atoms with van der Waals surface area (Å²) in [5.41, 5.74) is 4.04. The topological polar surface area (TPSA) is 59.1 Å². The predicted molar refractivity (Wildman–Crippen MR) is 154 cm³/mol. The molecule has 0 aliphatic rings. The van der Waals surface area contributed by atoms with Gasteiger partial charge in [0.1, 0.15) is 6.54 Å². The average Bonchev–Trinajstić information content (AvgIpc) is 3.36. The second-order valence-electron chi connectivity index (χ2n) is 9.41. The lowest BCUT2D eigenvalue weighted by Gasteiger charge is -2.28. The first-order chi connectivity index (χ1) is 18.4. The molecule has 0 unspecified atom stereocenters. The van der Waals surface area contributed by atoms with Crippen LogP contribution in [0.2, 0.25) is 0 Å². The number of carbonyl (C=O) groups excluding carboxylic acids is 2. The van der Waals surface area contributed by atoms with E-state index in [1.807, 2.05) is 47.4 Å². The highest BCUT2D eigenvalue weighted by molar-refractivity contribution is 7.10. The Bertz CT molecular complexity index is 1190. The molecule has 0 saturated carbocycles. The zero-order valence-electron chi connectivity index (χ0n) is 23.3. The molecule has 0 saturated heterocycles. The fraction of sp³-hybridized carbons (Fsp3) is 0.419. The van der Waals surface area contributed by atoms with Crippen LogP contribution in [0, 0.1) is 6.92 Å². The number of methoxy groups -OCH3 is 2. The highest BCUT2D eigenvalue weighted by Gasteiger charge is 2.23. The number of amides is 2. The molecule has 7 heteroatoms. The number of aryl methyl sites for hydroxylation is 2. The molecule has 3 aromatic rings. The van der Waals surface area contributed by atoms with Gasteiger partial charge < -0.3 is 19.3 Å². The summed E-state index contributed by atoms with van der Waals surface area (Å²) in [4.78, 5) is 31.9. The van der Waals surface area contributed by atoms with Crippen LogP contribution in [0.5, 0.6) is 11.5 Å². The molecule has 2 aromatic carbocycles. The van der Waals surface area contributed by atoms with Crippen molar-refractivity contribution in [3.8, 4) is 11.5 Å². The lowest BCUT2D eigenvalue weighted by atomic mass is 10.1. The van der Waals surface area contributed by atoms with E-state index in [9.17, 15) is 9.59 Å². The van der Waals surface area contributed by atoms with Crippen molar-refractivity contribution in [3.05, 3.63) is 81.0 Å². The van der Waals surface area contributed by atoms with E-state index in [-0.39, 0.29) is 18.4 Å². The molecule has 1 aromatic heterocycles. The Kier molecular flexibility index (Phi) is 11.2. The second kappa shape index (κ2) is 14.6. The van der Waals surface area contributed by atoms with Gasteiger partial charge in [-0.1, -0.05) is 38.5 Å². The fourth-order valence-corrected chi connectivity index (χ4v) is 5.18. The van der Waals surface area contributed by atoms with Gasteiger partial charge in [-0.2, -0.15) is 0 Å². The van der Waals surface area contributed by atoms with Crippen molar-refractivity contribution >= 4 is 23.2 Å². The van der Waals surface area contributed by atoms with E-state index in [0.29, 0.717) is 43.1 Å². The number of ether oxygens (including phenoxy) is 2. The lowest BCUT2D eigenvalue weighted by Crippen LogP contribution is -2.43. The summed E-state index contributed by atoms with van der Waals surface area (Å²) in [6.45, 7) is 7.93. The highest BCUT2D eigenvalue weighted by atomic mass is 32.1. The van der Waals surface area contributed by atoms with E-state index < -0.39 is 0 Å². The van der Waals surface area contributed by atoms with E-state index in [2.05, 4.69) is 32.2 Å². The Morgan fingerprint density at radius 3 is 2.18 bits per heavy atom. The molecule has 2 amide bonds. The Labute approximate surface area is 231 Å². The third-order valence-electron chi connectivity index (χ3n) is 6.78. The molecular weight excluding hydrogens is 496 g/mol. The third kappa shape index (κ3) is 7.84. The van der Waals surface area contributed by atoms with Crippen LogP contribution in [0.15, 0.2) is 53.9 Å². The summed E-state index contributed by atoms with van der Waals surface area (Å²) in [6, 6.07) is 15.6. The van der Waals surface area contributed by atoms with Gasteiger partial charge in [-0.3, -0.25) is 9.59 Å². The van der Waals surface area contributed by atoms with Gasteiger partial charge in [-0.05, 0) is 78.6 Å². The molecule has 0 atom stereocenters. The quantitative estimate of drug-likeness (QED) is 0.248. The van der Waals surface area contributed by atoms with Crippen LogP contribution >= 0.6 is 11.3 Å². The summed E-state index contributed by atoms with van der Waals surface area (Å²) in [5.74, 6) is 1.20. The van der Waals surface area contributed by atoms with Crippen molar-refractivity contribution in [1.82, 2.24) is 9.80 Å². The summed E-state index contributed by atoms with van der Waals surface area (Å²) < 4.78 is 10.8. The number of rotatable bonds is 14. The van der Waals surface area contributed by atoms with Gasteiger partial charge in [-0.25, -0.2) is 0 Å². The smallest absolute Gasteiger partial charge is 0.254 e. The molecule has 0 spiro atoms. The van der Waals surface area contributed by atoms with Gasteiger partial charge in [0, 0.05) is 23.5 Å². The minimum atomic E-state index is -0.0957. The number of benzene rings is 2. The zero-order valence-corrected chi connectivity index (χ0v) is 24.1. The van der Waals surface area contributed by atoms with Crippen LogP contribution in [0.4, 0.5) is 0 Å². The van der Waals surface area contributed by atoms with E-state index in [0.717, 1.165) is 29.7 Å². The molecule has 1 heterocycles. The van der Waals surface area contributed by atoms with E-state index in [1.165, 1.54) is 11.1 Å². The fourth-order valence-electron chi connectivity index (χ4n) is 4.26. The minimum absolute atomic E-state index is 0.0482. The largest absolute Gasteiger partial charge is 0.493 e. The molecule has 0 fully saturated rings. The van der Waals surface area contributed by atoms with Crippen molar-refractivity contribution in [2.24, 2.45) is 0 Å². The lowest BCUT2D eigenvalue weighted by molar-refractivity contribution is -0.132. The van der Waals surface area contributed by atoms with Crippen molar-refractivity contribution in [2.45, 2.75) is 53.0 Å². The number of hydrogen-bond acceptors (Lipinski definition) is 5. The number of carbonyl (C=O) groups is 2. The van der Waals surface area contributed by atoms with Crippen LogP contribution in [0.1, 0.15) is 58.6 Å². The van der Waals surface area contributed by atoms with E-state index in [4.69, 9.17) is 9.47 Å². The zero-order chi connectivity index (χ0) is 27.5. The van der Waals surface area contributed by atoms with Gasteiger partial charge in [0.15, 0.2) is 11.5 Å². The Morgan fingerprint density at radius 1 is 0.868 bits per heavy atom. The third-order valence-corrected chi connectivity index (χ3v) is 7.79. The van der Waals surface area contributed by atoms with Crippen molar-refractivity contribution in [2.75, 3.05) is 33.9 Å². The number of unbranched alkanes of at least 4 members (excludes halogenated alkanes) is 1. The molecule has 0 aliphatic carbocycles. The summed E-state index contributed by atoms with van der Waals surface area (Å²) in [6.07, 6.45) is 3.38. The Balaban J connectivity index is 1.79. The molecule has 0 radical (unpaired) electrons.